The molecule has 0 amide bonds. The van der Waals surface area contributed by atoms with Crippen molar-refractivity contribution in [3.8, 4) is 0 Å². The van der Waals surface area contributed by atoms with E-state index >= 15 is 0 Å². The Kier molecular flexibility index (Phi) is 3.25. The van der Waals surface area contributed by atoms with Gasteiger partial charge >= 0.3 is 5.97 Å². The van der Waals surface area contributed by atoms with Gasteiger partial charge in [0.05, 0.1) is 16.6 Å². The average Bonchev–Trinajstić information content (AvgIpc) is 2.34. The van der Waals surface area contributed by atoms with Crippen LogP contribution in [0.15, 0.2) is 23.0 Å². The molecule has 0 radical (unpaired) electrons. The molecule has 6 heteroatoms. The number of aromatic nitrogens is 1. The van der Waals surface area contributed by atoms with Crippen LogP contribution in [0.25, 0.3) is 10.8 Å². The maximum atomic E-state index is 13.8. The van der Waals surface area contributed by atoms with Crippen molar-refractivity contribution in [1.82, 2.24) is 4.68 Å². The van der Waals surface area contributed by atoms with Crippen LogP contribution in [0.1, 0.15) is 23.0 Å². The smallest absolute Gasteiger partial charge is 0.338 e. The van der Waals surface area contributed by atoms with E-state index in [0.29, 0.717) is 6.54 Å². The van der Waals surface area contributed by atoms with Crippen molar-refractivity contribution in [3.63, 3.8) is 0 Å². The lowest BCUT2D eigenvalue weighted by atomic mass is 10.0. The maximum absolute atomic E-state index is 13.8. The lowest BCUT2D eigenvalue weighted by Gasteiger charge is -2.15. The number of hydrogen-bond donors (Lipinski definition) is 2. The summed E-state index contributed by atoms with van der Waals surface area (Å²) in [6.07, 6.45) is 0. The van der Waals surface area contributed by atoms with Gasteiger partial charge in [-0.25, -0.2) is 13.9 Å². The lowest BCUT2D eigenvalue weighted by molar-refractivity contribution is 0.0697. The van der Waals surface area contributed by atoms with Gasteiger partial charge in [-0.2, -0.15) is 0 Å². The van der Waals surface area contributed by atoms with E-state index in [2.05, 4.69) is 5.43 Å². The fraction of sp³-hybridized carbons (Fsp3) is 0.231. The van der Waals surface area contributed by atoms with Gasteiger partial charge < -0.3 is 10.5 Å². The van der Waals surface area contributed by atoms with Gasteiger partial charge in [-0.3, -0.25) is 4.79 Å². The number of rotatable bonds is 3. The summed E-state index contributed by atoms with van der Waals surface area (Å²) in [7, 11) is 0. The average molecular weight is 263 g/mol. The molecule has 1 aromatic carbocycles. The van der Waals surface area contributed by atoms with E-state index < -0.39 is 17.3 Å². The van der Waals surface area contributed by atoms with Crippen LogP contribution >= 0.6 is 0 Å². The van der Waals surface area contributed by atoms with Crippen molar-refractivity contribution < 1.29 is 14.3 Å². The summed E-state index contributed by atoms with van der Waals surface area (Å²) in [5, 5.41) is 9.17. The zero-order valence-corrected chi connectivity index (χ0v) is 10.5. The van der Waals surface area contributed by atoms with Gasteiger partial charge in [0.2, 0.25) is 0 Å². The van der Waals surface area contributed by atoms with Crippen molar-refractivity contribution in [2.45, 2.75) is 13.8 Å². The molecule has 0 fully saturated rings. The Bertz CT molecular complexity index is 722. The predicted octanol–water partition coefficient (Wildman–Crippen LogP) is 1.71. The Morgan fingerprint density at radius 2 is 2.16 bits per heavy atom. The van der Waals surface area contributed by atoms with Crippen molar-refractivity contribution in [3.05, 3.63) is 45.6 Å². The number of nitrogens with zero attached hydrogens (tertiary/aromatic N) is 1. The van der Waals surface area contributed by atoms with Crippen molar-refractivity contribution in [1.29, 1.82) is 0 Å². The molecule has 1 aromatic heterocycles. The molecule has 5 nitrogen and oxygen atoms in total. The SMILES string of the molecule is C[11CH2]Nn1c(C)c(C(=O)O)c2cccc(F)c2c1=O. The monoisotopic (exact) mass is 263 g/mol. The molecule has 0 aliphatic heterocycles. The van der Waals surface area contributed by atoms with E-state index in [1.807, 2.05) is 0 Å². The molecule has 2 N–H and O–H groups in total. The first kappa shape index (κ1) is 13.1. The molecule has 0 aliphatic carbocycles. The first-order valence-corrected chi connectivity index (χ1v) is 5.80. The van der Waals surface area contributed by atoms with Gasteiger partial charge in [0.25, 0.3) is 5.56 Å². The normalized spacial score (nSPS) is 10.7. The highest BCUT2D eigenvalue weighted by atomic mass is 19.1. The van der Waals surface area contributed by atoms with E-state index in [9.17, 15) is 19.1 Å². The first-order valence-electron chi connectivity index (χ1n) is 5.80. The number of aromatic carboxylic acids is 1. The number of pyridine rings is 1. The standard InChI is InChI=1S/C13H13FN2O3/c1-3-15-16-7(2)10(13(18)19)8-5-4-6-9(14)11(8)12(16)17/h4-6,15H,3H2,1-2H3,(H,18,19)/i3-1. The van der Waals surface area contributed by atoms with E-state index in [-0.39, 0.29) is 22.0 Å². The van der Waals surface area contributed by atoms with Gasteiger partial charge in [-0.1, -0.05) is 12.1 Å². The number of halogens is 1. The van der Waals surface area contributed by atoms with Gasteiger partial charge in [0, 0.05) is 11.9 Å². The van der Waals surface area contributed by atoms with E-state index in [4.69, 9.17) is 0 Å². The summed E-state index contributed by atoms with van der Waals surface area (Å²) >= 11 is 0. The third kappa shape index (κ3) is 1.95. The molecule has 0 bridgehead atoms. The number of carbonyl (C=O) groups is 1. The molecular formula is C13H13FN2O3. The van der Waals surface area contributed by atoms with Crippen LogP contribution in [0.2, 0.25) is 0 Å². The molecule has 0 atom stereocenters. The third-order valence-corrected chi connectivity index (χ3v) is 2.93. The Labute approximate surface area is 108 Å². The van der Waals surface area contributed by atoms with E-state index in [1.165, 1.54) is 19.1 Å². The van der Waals surface area contributed by atoms with Crippen molar-refractivity contribution in [2.75, 3.05) is 12.0 Å². The number of hydrogen-bond acceptors (Lipinski definition) is 3. The Morgan fingerprint density at radius 3 is 2.74 bits per heavy atom. The van der Waals surface area contributed by atoms with Gasteiger partial charge in [-0.05, 0) is 19.9 Å². The zero-order chi connectivity index (χ0) is 14.2. The molecule has 0 spiro atoms. The largest absolute Gasteiger partial charge is 0.478 e. The summed E-state index contributed by atoms with van der Waals surface area (Å²) in [4.78, 5) is 23.6. The van der Waals surface area contributed by atoms with Crippen LogP contribution in [0.3, 0.4) is 0 Å². The molecule has 1 heterocycles. The fourth-order valence-corrected chi connectivity index (χ4v) is 2.14. The second-order valence-corrected chi connectivity index (χ2v) is 4.08. The van der Waals surface area contributed by atoms with Crippen LogP contribution in [-0.2, 0) is 0 Å². The van der Waals surface area contributed by atoms with Crippen molar-refractivity contribution in [2.24, 2.45) is 0 Å². The summed E-state index contributed by atoms with van der Waals surface area (Å²) < 4.78 is 14.9. The van der Waals surface area contributed by atoms with Gasteiger partial charge in [-0.15, -0.1) is 0 Å². The van der Waals surface area contributed by atoms with Crippen LogP contribution in [-0.4, -0.2) is 22.3 Å². The number of fused-ring (bicyclic) bond motifs is 1. The second-order valence-electron chi connectivity index (χ2n) is 4.08. The molecule has 0 unspecified atom stereocenters. The minimum atomic E-state index is -1.19. The molecule has 0 saturated carbocycles. The van der Waals surface area contributed by atoms with E-state index in [1.54, 1.807) is 6.92 Å². The molecule has 2 rings (SSSR count). The molecule has 19 heavy (non-hydrogen) atoms. The second kappa shape index (κ2) is 4.72. The van der Waals surface area contributed by atoms with Gasteiger partial charge in [0.1, 0.15) is 5.82 Å². The summed E-state index contributed by atoms with van der Waals surface area (Å²) in [5.41, 5.74) is 2.32. The predicted molar refractivity (Wildman–Crippen MR) is 69.8 cm³/mol. The highest BCUT2D eigenvalue weighted by molar-refractivity contribution is 6.04. The number of nitrogens with one attached hydrogen (secondary N) is 1. The maximum Gasteiger partial charge on any atom is 0.338 e. The number of carboxylic acid groups (broad SMARTS) is 1. The van der Waals surface area contributed by atoms with Gasteiger partial charge in [0.15, 0.2) is 0 Å². The molecule has 2 aromatic rings. The van der Waals surface area contributed by atoms with Crippen LogP contribution < -0.4 is 11.0 Å². The van der Waals surface area contributed by atoms with Crippen LogP contribution in [0.4, 0.5) is 4.39 Å². The highest BCUT2D eigenvalue weighted by Crippen LogP contribution is 2.21. The quantitative estimate of drug-likeness (QED) is 0.884. The van der Waals surface area contributed by atoms with E-state index in [0.717, 1.165) is 10.7 Å². The Balaban J connectivity index is 3.04. The fourth-order valence-electron chi connectivity index (χ4n) is 2.14. The first-order chi connectivity index (χ1) is 8.99. The highest BCUT2D eigenvalue weighted by Gasteiger charge is 2.20. The zero-order valence-electron chi connectivity index (χ0n) is 10.5. The van der Waals surface area contributed by atoms with Crippen molar-refractivity contribution >= 4 is 16.7 Å². The Hall–Kier alpha value is -2.37. The summed E-state index contributed by atoms with van der Waals surface area (Å²) in [6.45, 7) is 3.69. The minimum absolute atomic E-state index is 0.0740. The minimum Gasteiger partial charge on any atom is -0.478 e. The van der Waals surface area contributed by atoms with Crippen LogP contribution in [0.5, 0.6) is 0 Å². The Morgan fingerprint density at radius 1 is 1.47 bits per heavy atom. The molecular weight excluding hydrogens is 250 g/mol. The molecule has 0 saturated heterocycles. The number of carboxylic acids is 1. The topological polar surface area (TPSA) is 71.3 Å². The number of benzene rings is 1. The summed E-state index contributed by atoms with van der Waals surface area (Å²) in [5.74, 6) is -1.92. The summed E-state index contributed by atoms with van der Waals surface area (Å²) in [6, 6.07) is 3.97. The molecule has 100 valence electrons. The molecule has 0 aliphatic rings. The lowest BCUT2D eigenvalue weighted by Crippen LogP contribution is -2.33. The van der Waals surface area contributed by atoms with Crippen LogP contribution in [0, 0.1) is 12.7 Å². The third-order valence-electron chi connectivity index (χ3n) is 2.93.